The van der Waals surface area contributed by atoms with E-state index in [1.165, 1.54) is 0 Å². The summed E-state index contributed by atoms with van der Waals surface area (Å²) in [4.78, 5) is 11.6. The maximum absolute atomic E-state index is 11.6. The van der Waals surface area contributed by atoms with Crippen LogP contribution in [-0.4, -0.2) is 12.6 Å². The lowest BCUT2D eigenvalue weighted by atomic mass is 10.1. The molecule has 21 heavy (non-hydrogen) atoms. The van der Waals surface area contributed by atoms with Gasteiger partial charge in [0.1, 0.15) is 0 Å². The van der Waals surface area contributed by atoms with Crippen molar-refractivity contribution in [3.05, 3.63) is 64.7 Å². The fraction of sp³-hybridized carbons (Fsp3) is 0.235. The van der Waals surface area contributed by atoms with E-state index in [0.717, 1.165) is 16.3 Å². The first-order valence-electron chi connectivity index (χ1n) is 6.89. The second-order valence-electron chi connectivity index (χ2n) is 4.72. The van der Waals surface area contributed by atoms with Crippen LogP contribution in [0, 0.1) is 0 Å². The number of hydrogen-bond acceptors (Lipinski definition) is 3. The third-order valence-corrected chi connectivity index (χ3v) is 3.40. The summed E-state index contributed by atoms with van der Waals surface area (Å²) >= 11 is 5.89. The van der Waals surface area contributed by atoms with E-state index >= 15 is 0 Å². The van der Waals surface area contributed by atoms with Crippen molar-refractivity contribution in [3.8, 4) is 0 Å². The van der Waals surface area contributed by atoms with E-state index in [4.69, 9.17) is 16.3 Å². The SMILES string of the molecule is CCOC(=O)c1ccc(NC(C)c2ccc(Cl)cc2)cc1. The van der Waals surface area contributed by atoms with Gasteiger partial charge in [-0.05, 0) is 55.8 Å². The van der Waals surface area contributed by atoms with Crippen molar-refractivity contribution >= 4 is 23.3 Å². The molecule has 2 rings (SSSR count). The van der Waals surface area contributed by atoms with Crippen molar-refractivity contribution in [2.45, 2.75) is 19.9 Å². The first kappa shape index (κ1) is 15.4. The molecule has 0 heterocycles. The molecular formula is C17H18ClNO2. The molecule has 0 radical (unpaired) electrons. The van der Waals surface area contributed by atoms with Gasteiger partial charge in [0.25, 0.3) is 0 Å². The van der Waals surface area contributed by atoms with Crippen molar-refractivity contribution in [1.29, 1.82) is 0 Å². The molecule has 0 fully saturated rings. The van der Waals surface area contributed by atoms with Gasteiger partial charge in [0.15, 0.2) is 0 Å². The third kappa shape index (κ3) is 4.23. The van der Waals surface area contributed by atoms with Crippen LogP contribution in [0.3, 0.4) is 0 Å². The molecule has 110 valence electrons. The number of anilines is 1. The third-order valence-electron chi connectivity index (χ3n) is 3.15. The Kier molecular flexibility index (Phi) is 5.23. The number of carbonyl (C=O) groups excluding carboxylic acids is 1. The molecule has 0 bridgehead atoms. The van der Waals surface area contributed by atoms with Crippen LogP contribution < -0.4 is 5.32 Å². The molecular weight excluding hydrogens is 286 g/mol. The number of ether oxygens (including phenoxy) is 1. The van der Waals surface area contributed by atoms with Crippen molar-refractivity contribution in [2.75, 3.05) is 11.9 Å². The number of esters is 1. The van der Waals surface area contributed by atoms with Crippen LogP contribution in [0.1, 0.15) is 35.8 Å². The van der Waals surface area contributed by atoms with Gasteiger partial charge in [-0.15, -0.1) is 0 Å². The summed E-state index contributed by atoms with van der Waals surface area (Å²) in [7, 11) is 0. The number of carbonyl (C=O) groups is 1. The summed E-state index contributed by atoms with van der Waals surface area (Å²) in [5.74, 6) is -0.296. The molecule has 1 N–H and O–H groups in total. The molecule has 0 saturated carbocycles. The quantitative estimate of drug-likeness (QED) is 0.814. The minimum Gasteiger partial charge on any atom is -0.462 e. The number of nitrogens with one attached hydrogen (secondary N) is 1. The van der Waals surface area contributed by atoms with Crippen LogP contribution in [0.2, 0.25) is 5.02 Å². The molecule has 0 aliphatic carbocycles. The largest absolute Gasteiger partial charge is 0.462 e. The lowest BCUT2D eigenvalue weighted by Gasteiger charge is -2.16. The maximum atomic E-state index is 11.6. The topological polar surface area (TPSA) is 38.3 Å². The zero-order chi connectivity index (χ0) is 15.2. The van der Waals surface area contributed by atoms with Crippen LogP contribution in [0.4, 0.5) is 5.69 Å². The van der Waals surface area contributed by atoms with Crippen molar-refractivity contribution in [2.24, 2.45) is 0 Å². The Labute approximate surface area is 129 Å². The molecule has 2 aromatic rings. The molecule has 2 aromatic carbocycles. The Bertz CT molecular complexity index is 593. The van der Waals surface area contributed by atoms with E-state index < -0.39 is 0 Å². The zero-order valence-electron chi connectivity index (χ0n) is 12.1. The van der Waals surface area contributed by atoms with Gasteiger partial charge >= 0.3 is 5.97 Å². The minimum absolute atomic E-state index is 0.149. The Morgan fingerprint density at radius 1 is 1.14 bits per heavy atom. The highest BCUT2D eigenvalue weighted by atomic mass is 35.5. The summed E-state index contributed by atoms with van der Waals surface area (Å²) in [5.41, 5.74) is 2.65. The molecule has 3 nitrogen and oxygen atoms in total. The molecule has 0 aromatic heterocycles. The first-order chi connectivity index (χ1) is 10.1. The highest BCUT2D eigenvalue weighted by molar-refractivity contribution is 6.30. The summed E-state index contributed by atoms with van der Waals surface area (Å²) < 4.78 is 4.96. The van der Waals surface area contributed by atoms with Gasteiger partial charge in [-0.25, -0.2) is 4.79 Å². The second kappa shape index (κ2) is 7.14. The Hall–Kier alpha value is -2.00. The lowest BCUT2D eigenvalue weighted by Crippen LogP contribution is -2.07. The van der Waals surface area contributed by atoms with Crippen LogP contribution in [0.5, 0.6) is 0 Å². The predicted octanol–water partition coefficient (Wildman–Crippen LogP) is 4.69. The van der Waals surface area contributed by atoms with Crippen LogP contribution >= 0.6 is 11.6 Å². The highest BCUT2D eigenvalue weighted by Crippen LogP contribution is 2.21. The van der Waals surface area contributed by atoms with Gasteiger partial charge in [0.2, 0.25) is 0 Å². The van der Waals surface area contributed by atoms with Gasteiger partial charge in [-0.3, -0.25) is 0 Å². The average Bonchev–Trinajstić information content (AvgIpc) is 2.49. The molecule has 0 amide bonds. The van der Waals surface area contributed by atoms with Gasteiger partial charge in [-0.1, -0.05) is 23.7 Å². The Morgan fingerprint density at radius 2 is 1.76 bits per heavy atom. The fourth-order valence-corrected chi connectivity index (χ4v) is 2.13. The number of rotatable bonds is 5. The second-order valence-corrected chi connectivity index (χ2v) is 5.15. The van der Waals surface area contributed by atoms with Crippen molar-refractivity contribution < 1.29 is 9.53 Å². The Morgan fingerprint density at radius 3 is 2.33 bits per heavy atom. The molecule has 0 aliphatic rings. The van der Waals surface area contributed by atoms with Crippen LogP contribution in [0.15, 0.2) is 48.5 Å². The normalized spacial score (nSPS) is 11.8. The van der Waals surface area contributed by atoms with Gasteiger partial charge in [-0.2, -0.15) is 0 Å². The average molecular weight is 304 g/mol. The van der Waals surface area contributed by atoms with Crippen LogP contribution in [-0.2, 0) is 4.74 Å². The van der Waals surface area contributed by atoms with E-state index in [-0.39, 0.29) is 12.0 Å². The molecule has 0 aliphatic heterocycles. The van der Waals surface area contributed by atoms with E-state index in [2.05, 4.69) is 12.2 Å². The zero-order valence-corrected chi connectivity index (χ0v) is 12.9. The van der Waals surface area contributed by atoms with Gasteiger partial charge in [0, 0.05) is 16.8 Å². The molecule has 1 unspecified atom stereocenters. The van der Waals surface area contributed by atoms with E-state index in [1.807, 2.05) is 36.4 Å². The summed E-state index contributed by atoms with van der Waals surface area (Å²) in [5, 5.41) is 4.11. The fourth-order valence-electron chi connectivity index (χ4n) is 2.00. The summed E-state index contributed by atoms with van der Waals surface area (Å²) in [6.45, 7) is 4.25. The van der Waals surface area contributed by atoms with E-state index in [0.29, 0.717) is 12.2 Å². The number of benzene rings is 2. The molecule has 4 heteroatoms. The number of halogens is 1. The maximum Gasteiger partial charge on any atom is 0.338 e. The van der Waals surface area contributed by atoms with Gasteiger partial charge in [0.05, 0.1) is 12.2 Å². The van der Waals surface area contributed by atoms with Crippen molar-refractivity contribution in [3.63, 3.8) is 0 Å². The smallest absolute Gasteiger partial charge is 0.338 e. The standard InChI is InChI=1S/C17H18ClNO2/c1-3-21-17(20)14-6-10-16(11-7-14)19-12(2)13-4-8-15(18)9-5-13/h4-12,19H,3H2,1-2H3. The van der Waals surface area contributed by atoms with E-state index in [1.54, 1.807) is 19.1 Å². The monoisotopic (exact) mass is 303 g/mol. The minimum atomic E-state index is -0.296. The summed E-state index contributed by atoms with van der Waals surface area (Å²) in [6.07, 6.45) is 0. The highest BCUT2D eigenvalue weighted by Gasteiger charge is 2.08. The first-order valence-corrected chi connectivity index (χ1v) is 7.27. The summed E-state index contributed by atoms with van der Waals surface area (Å²) in [6, 6.07) is 15.1. The molecule has 0 spiro atoms. The van der Waals surface area contributed by atoms with Gasteiger partial charge < -0.3 is 10.1 Å². The molecule has 1 atom stereocenters. The predicted molar refractivity (Wildman–Crippen MR) is 85.9 cm³/mol. The molecule has 0 saturated heterocycles. The van der Waals surface area contributed by atoms with Crippen molar-refractivity contribution in [1.82, 2.24) is 0 Å². The lowest BCUT2D eigenvalue weighted by molar-refractivity contribution is 0.0526. The van der Waals surface area contributed by atoms with E-state index in [9.17, 15) is 4.79 Å². The number of hydrogen-bond donors (Lipinski definition) is 1. The van der Waals surface area contributed by atoms with Crippen LogP contribution in [0.25, 0.3) is 0 Å². The Balaban J connectivity index is 2.02.